The maximum Gasteiger partial charge on any atom is 0.138 e. The van der Waals surface area contributed by atoms with Gasteiger partial charge in [-0.25, -0.2) is 10.9 Å². The van der Waals surface area contributed by atoms with Crippen LogP contribution in [0.1, 0.15) is 18.0 Å². The van der Waals surface area contributed by atoms with Crippen LogP contribution in [-0.2, 0) is 4.79 Å². The summed E-state index contributed by atoms with van der Waals surface area (Å²) in [5.41, 5.74) is 6.99. The van der Waals surface area contributed by atoms with Gasteiger partial charge in [-0.05, 0) is 18.1 Å². The highest BCUT2D eigenvalue weighted by Gasteiger charge is 2.25. The van der Waals surface area contributed by atoms with Gasteiger partial charge in [0.05, 0.1) is 6.04 Å². The SMILES string of the molecule is O=CC1CC(c2ccccc2Cl)NN1. The van der Waals surface area contributed by atoms with Gasteiger partial charge in [0, 0.05) is 11.1 Å². The van der Waals surface area contributed by atoms with Crippen LogP contribution in [0.5, 0.6) is 0 Å². The number of carbonyl (C=O) groups excluding carboxylic acids is 1. The number of benzene rings is 1. The third-order valence-electron chi connectivity index (χ3n) is 2.38. The van der Waals surface area contributed by atoms with Gasteiger partial charge in [-0.1, -0.05) is 29.8 Å². The molecule has 2 N–H and O–H groups in total. The van der Waals surface area contributed by atoms with Gasteiger partial charge in [0.25, 0.3) is 0 Å². The Morgan fingerprint density at radius 3 is 2.79 bits per heavy atom. The molecule has 74 valence electrons. The van der Waals surface area contributed by atoms with Gasteiger partial charge in [0.2, 0.25) is 0 Å². The molecule has 0 spiro atoms. The van der Waals surface area contributed by atoms with Crippen LogP contribution in [0.3, 0.4) is 0 Å². The van der Waals surface area contributed by atoms with E-state index in [9.17, 15) is 4.79 Å². The molecule has 0 aromatic heterocycles. The highest BCUT2D eigenvalue weighted by atomic mass is 35.5. The quantitative estimate of drug-likeness (QED) is 0.726. The van der Waals surface area contributed by atoms with Crippen molar-refractivity contribution >= 4 is 17.9 Å². The first-order valence-electron chi connectivity index (χ1n) is 4.52. The summed E-state index contributed by atoms with van der Waals surface area (Å²) in [6.45, 7) is 0. The Bertz CT molecular complexity index is 343. The Balaban J connectivity index is 2.17. The topological polar surface area (TPSA) is 41.1 Å². The van der Waals surface area contributed by atoms with Crippen LogP contribution in [0.15, 0.2) is 24.3 Å². The number of halogens is 1. The van der Waals surface area contributed by atoms with Crippen molar-refractivity contribution in [3.63, 3.8) is 0 Å². The lowest BCUT2D eigenvalue weighted by Gasteiger charge is -2.10. The second-order valence-electron chi connectivity index (χ2n) is 3.34. The van der Waals surface area contributed by atoms with Crippen LogP contribution in [0.25, 0.3) is 0 Å². The van der Waals surface area contributed by atoms with Gasteiger partial charge in [0.15, 0.2) is 0 Å². The summed E-state index contributed by atoms with van der Waals surface area (Å²) in [5.74, 6) is 0. The Kier molecular flexibility index (Phi) is 2.82. The molecule has 0 saturated carbocycles. The highest BCUT2D eigenvalue weighted by Crippen LogP contribution is 2.27. The molecule has 4 heteroatoms. The Hall–Kier alpha value is -0.900. The predicted octanol–water partition coefficient (Wildman–Crippen LogP) is 1.45. The van der Waals surface area contributed by atoms with E-state index < -0.39 is 0 Å². The summed E-state index contributed by atoms with van der Waals surface area (Å²) in [6, 6.07) is 7.67. The van der Waals surface area contributed by atoms with E-state index in [1.165, 1.54) is 0 Å². The van der Waals surface area contributed by atoms with Crippen molar-refractivity contribution in [1.29, 1.82) is 0 Å². The maximum absolute atomic E-state index is 10.5. The minimum Gasteiger partial charge on any atom is -0.302 e. The van der Waals surface area contributed by atoms with Crippen LogP contribution >= 0.6 is 11.6 Å². The fourth-order valence-electron chi connectivity index (χ4n) is 1.63. The molecule has 2 atom stereocenters. The molecule has 0 amide bonds. The standard InChI is InChI=1S/C10H11ClN2O/c11-9-4-2-1-3-8(9)10-5-7(6-14)12-13-10/h1-4,6-7,10,12-13H,5H2. The Morgan fingerprint density at radius 2 is 2.14 bits per heavy atom. The number of rotatable bonds is 2. The van der Waals surface area contributed by atoms with E-state index in [2.05, 4.69) is 10.9 Å². The van der Waals surface area contributed by atoms with Crippen LogP contribution < -0.4 is 10.9 Å². The van der Waals surface area contributed by atoms with Gasteiger partial charge < -0.3 is 4.79 Å². The molecule has 3 nitrogen and oxygen atoms in total. The van der Waals surface area contributed by atoms with Gasteiger partial charge >= 0.3 is 0 Å². The summed E-state index contributed by atoms with van der Waals surface area (Å²) < 4.78 is 0. The Labute approximate surface area is 87.4 Å². The molecule has 1 fully saturated rings. The van der Waals surface area contributed by atoms with Crippen molar-refractivity contribution in [2.75, 3.05) is 0 Å². The fraction of sp³-hybridized carbons (Fsp3) is 0.300. The molecule has 1 saturated heterocycles. The molecule has 14 heavy (non-hydrogen) atoms. The van der Waals surface area contributed by atoms with E-state index in [0.29, 0.717) is 0 Å². The Morgan fingerprint density at radius 1 is 1.36 bits per heavy atom. The smallest absolute Gasteiger partial charge is 0.138 e. The van der Waals surface area contributed by atoms with Crippen molar-refractivity contribution < 1.29 is 4.79 Å². The second-order valence-corrected chi connectivity index (χ2v) is 3.75. The molecular formula is C10H11ClN2O. The van der Waals surface area contributed by atoms with Gasteiger partial charge in [-0.15, -0.1) is 0 Å². The first-order chi connectivity index (χ1) is 6.81. The van der Waals surface area contributed by atoms with Crippen molar-refractivity contribution in [1.82, 2.24) is 10.9 Å². The van der Waals surface area contributed by atoms with Crippen LogP contribution in [-0.4, -0.2) is 12.3 Å². The minimum atomic E-state index is -0.115. The second kappa shape index (κ2) is 4.09. The molecule has 1 heterocycles. The number of hydrogen-bond donors (Lipinski definition) is 2. The van der Waals surface area contributed by atoms with Crippen LogP contribution in [0, 0.1) is 0 Å². The maximum atomic E-state index is 10.5. The summed E-state index contributed by atoms with van der Waals surface area (Å²) in [6.07, 6.45) is 1.65. The largest absolute Gasteiger partial charge is 0.302 e. The van der Waals surface area contributed by atoms with E-state index in [-0.39, 0.29) is 12.1 Å². The number of nitrogens with one attached hydrogen (secondary N) is 2. The summed E-state index contributed by atoms with van der Waals surface area (Å²) in [5, 5.41) is 0.735. The first kappa shape index (κ1) is 9.65. The average molecular weight is 211 g/mol. The van der Waals surface area contributed by atoms with Crippen molar-refractivity contribution in [2.45, 2.75) is 18.5 Å². The molecule has 1 aliphatic rings. The van der Waals surface area contributed by atoms with Crippen LogP contribution in [0.2, 0.25) is 5.02 Å². The molecular weight excluding hydrogens is 200 g/mol. The molecule has 0 aliphatic carbocycles. The molecule has 0 bridgehead atoms. The van der Waals surface area contributed by atoms with Crippen molar-refractivity contribution in [2.24, 2.45) is 0 Å². The first-order valence-corrected chi connectivity index (χ1v) is 4.90. The highest BCUT2D eigenvalue weighted by molar-refractivity contribution is 6.31. The number of aldehydes is 1. The molecule has 1 aliphatic heterocycles. The summed E-state index contributed by atoms with van der Waals surface area (Å²) >= 11 is 6.04. The molecule has 1 aromatic rings. The molecule has 2 unspecified atom stereocenters. The third-order valence-corrected chi connectivity index (χ3v) is 2.72. The van der Waals surface area contributed by atoms with Crippen molar-refractivity contribution in [3.05, 3.63) is 34.9 Å². The predicted molar refractivity (Wildman–Crippen MR) is 54.9 cm³/mol. The zero-order valence-corrected chi connectivity index (χ0v) is 8.29. The van der Waals surface area contributed by atoms with Gasteiger partial charge in [-0.3, -0.25) is 0 Å². The average Bonchev–Trinajstić information content (AvgIpc) is 2.67. The number of carbonyl (C=O) groups is 1. The monoisotopic (exact) mass is 210 g/mol. The number of hydrogen-bond acceptors (Lipinski definition) is 3. The van der Waals surface area contributed by atoms with Gasteiger partial charge in [-0.2, -0.15) is 0 Å². The van der Waals surface area contributed by atoms with E-state index >= 15 is 0 Å². The summed E-state index contributed by atoms with van der Waals surface area (Å²) in [7, 11) is 0. The van der Waals surface area contributed by atoms with E-state index in [4.69, 9.17) is 11.6 Å². The third kappa shape index (κ3) is 1.80. The lowest BCUT2D eigenvalue weighted by atomic mass is 10.0. The minimum absolute atomic E-state index is 0.115. The summed E-state index contributed by atoms with van der Waals surface area (Å²) in [4.78, 5) is 10.5. The zero-order valence-electron chi connectivity index (χ0n) is 7.53. The lowest BCUT2D eigenvalue weighted by Crippen LogP contribution is -2.31. The number of hydrazine groups is 1. The zero-order chi connectivity index (χ0) is 9.97. The normalized spacial score (nSPS) is 26.4. The fourth-order valence-corrected chi connectivity index (χ4v) is 1.90. The molecule has 0 radical (unpaired) electrons. The van der Waals surface area contributed by atoms with Crippen molar-refractivity contribution in [3.8, 4) is 0 Å². The molecule has 1 aromatic carbocycles. The van der Waals surface area contributed by atoms with E-state index in [0.717, 1.165) is 23.3 Å². The lowest BCUT2D eigenvalue weighted by molar-refractivity contribution is -0.109. The van der Waals surface area contributed by atoms with E-state index in [1.54, 1.807) is 0 Å². The van der Waals surface area contributed by atoms with Crippen LogP contribution in [0.4, 0.5) is 0 Å². The molecule has 2 rings (SSSR count). The van der Waals surface area contributed by atoms with E-state index in [1.807, 2.05) is 24.3 Å². The van der Waals surface area contributed by atoms with Gasteiger partial charge in [0.1, 0.15) is 6.29 Å².